The molecule has 6 atom stereocenters. The van der Waals surface area contributed by atoms with Crippen molar-refractivity contribution >= 4 is 11.9 Å². The number of allylic oxidation sites excluding steroid dienone is 1. The molecule has 26 heavy (non-hydrogen) atoms. The van der Waals surface area contributed by atoms with E-state index in [9.17, 15) is 9.59 Å². The summed E-state index contributed by atoms with van der Waals surface area (Å²) in [5, 5.41) is 0. The molecule has 1 radical (unpaired) electrons. The van der Waals surface area contributed by atoms with E-state index in [1.54, 1.807) is 0 Å². The first-order valence-electron chi connectivity index (χ1n) is 9.76. The molecule has 0 N–H and O–H groups in total. The van der Waals surface area contributed by atoms with Crippen molar-refractivity contribution in [2.24, 2.45) is 29.1 Å². The van der Waals surface area contributed by atoms with Gasteiger partial charge in [-0.1, -0.05) is 26.7 Å². The minimum atomic E-state index is -0.730. The molecule has 2 saturated carbocycles. The molecular formula is C21H31O4Y-. The molecule has 143 valence electrons. The first-order chi connectivity index (χ1) is 11.9. The Kier molecular flexibility index (Phi) is 7.52. The van der Waals surface area contributed by atoms with Crippen molar-refractivity contribution in [3.63, 3.8) is 0 Å². The molecule has 1 heterocycles. The third kappa shape index (κ3) is 4.11. The van der Waals surface area contributed by atoms with Gasteiger partial charge in [-0.2, -0.15) is 0 Å². The van der Waals surface area contributed by atoms with Crippen LogP contribution in [0.4, 0.5) is 0 Å². The normalized spacial score (nSPS) is 37.5. The van der Waals surface area contributed by atoms with Gasteiger partial charge in [0.05, 0.1) is 7.11 Å². The Morgan fingerprint density at radius 3 is 2.85 bits per heavy atom. The molecule has 3 fully saturated rings. The summed E-state index contributed by atoms with van der Waals surface area (Å²) >= 11 is 0. The van der Waals surface area contributed by atoms with Crippen molar-refractivity contribution in [1.82, 2.24) is 0 Å². The van der Waals surface area contributed by atoms with Crippen molar-refractivity contribution in [3.05, 3.63) is 12.2 Å². The van der Waals surface area contributed by atoms with Crippen LogP contribution in [0.15, 0.2) is 5.57 Å². The fourth-order valence-electron chi connectivity index (χ4n) is 5.83. The standard InChI is InChI=1S/C21H31O4.Y/c1-13-6-5-11-21(3)17(13)9-10-18(21)14(2)7-8-15-12-16(19(22)24-4)20(23)25-15;/h1,14-18H,5-12H2,2-4H3;/q-1;/t14?,15?,16?,17?,18-,21+;/m1./s1. The molecule has 0 amide bonds. The third-order valence-corrected chi connectivity index (χ3v) is 7.22. The summed E-state index contributed by atoms with van der Waals surface area (Å²) in [6.07, 6.45) is 8.22. The van der Waals surface area contributed by atoms with Crippen LogP contribution in [0.25, 0.3) is 0 Å². The molecule has 4 unspecified atom stereocenters. The van der Waals surface area contributed by atoms with Crippen molar-refractivity contribution in [2.45, 2.75) is 71.3 Å². The van der Waals surface area contributed by atoms with E-state index in [0.29, 0.717) is 29.6 Å². The first kappa shape index (κ1) is 22.1. The van der Waals surface area contributed by atoms with Gasteiger partial charge in [0.2, 0.25) is 0 Å². The molecule has 0 aromatic carbocycles. The summed E-state index contributed by atoms with van der Waals surface area (Å²) in [6, 6.07) is 0. The molecule has 0 aromatic rings. The Morgan fingerprint density at radius 1 is 1.42 bits per heavy atom. The zero-order chi connectivity index (χ0) is 18.2. The predicted molar refractivity (Wildman–Crippen MR) is 94.4 cm³/mol. The number of carbonyl (C=O) groups is 2. The number of ether oxygens (including phenoxy) is 2. The minimum Gasteiger partial charge on any atom is -0.514 e. The maximum absolute atomic E-state index is 11.8. The number of hydrogen-bond acceptors (Lipinski definition) is 4. The van der Waals surface area contributed by atoms with Gasteiger partial charge in [0.1, 0.15) is 6.10 Å². The third-order valence-electron chi connectivity index (χ3n) is 7.22. The summed E-state index contributed by atoms with van der Waals surface area (Å²) in [4.78, 5) is 23.4. The number of cyclic esters (lactones) is 1. The summed E-state index contributed by atoms with van der Waals surface area (Å²) < 4.78 is 10.1. The van der Waals surface area contributed by atoms with Gasteiger partial charge in [0.25, 0.3) is 0 Å². The van der Waals surface area contributed by atoms with Crippen molar-refractivity contribution < 1.29 is 51.8 Å². The second kappa shape index (κ2) is 8.86. The monoisotopic (exact) mass is 436 g/mol. The number of fused-ring (bicyclic) bond motifs is 1. The first-order valence-corrected chi connectivity index (χ1v) is 9.76. The Balaban J connectivity index is 0.00000243. The van der Waals surface area contributed by atoms with Gasteiger partial charge in [-0.3, -0.25) is 15.2 Å². The summed E-state index contributed by atoms with van der Waals surface area (Å²) in [5.74, 6) is 0.224. The number of hydrogen-bond donors (Lipinski definition) is 0. The van der Waals surface area contributed by atoms with E-state index in [0.717, 1.165) is 19.3 Å². The van der Waals surface area contributed by atoms with Gasteiger partial charge in [-0.25, -0.2) is 0 Å². The smallest absolute Gasteiger partial charge is 0.320 e. The average molecular weight is 436 g/mol. The van der Waals surface area contributed by atoms with Gasteiger partial charge < -0.3 is 16.1 Å². The summed E-state index contributed by atoms with van der Waals surface area (Å²) in [6.45, 7) is 11.1. The van der Waals surface area contributed by atoms with E-state index in [1.165, 1.54) is 38.4 Å². The fraction of sp³-hybridized carbons (Fsp3) is 0.810. The topological polar surface area (TPSA) is 52.6 Å². The van der Waals surface area contributed by atoms with Gasteiger partial charge >= 0.3 is 11.9 Å². The van der Waals surface area contributed by atoms with Gasteiger partial charge in [0, 0.05) is 39.1 Å². The van der Waals surface area contributed by atoms with Crippen LogP contribution in [0.1, 0.15) is 65.2 Å². The van der Waals surface area contributed by atoms with E-state index >= 15 is 0 Å². The molecule has 3 rings (SSSR count). The Bertz CT molecular complexity index is 560. The largest absolute Gasteiger partial charge is 0.514 e. The maximum atomic E-state index is 11.8. The van der Waals surface area contributed by atoms with E-state index in [4.69, 9.17) is 11.3 Å². The van der Waals surface area contributed by atoms with Crippen LogP contribution >= 0.6 is 0 Å². The van der Waals surface area contributed by atoms with Crippen LogP contribution in [0, 0.1) is 35.7 Å². The summed E-state index contributed by atoms with van der Waals surface area (Å²) in [5.41, 5.74) is 1.55. The van der Waals surface area contributed by atoms with E-state index in [1.807, 2.05) is 0 Å². The molecule has 5 heteroatoms. The number of esters is 2. The molecule has 2 aliphatic carbocycles. The average Bonchev–Trinajstić information content (AvgIpc) is 3.12. The van der Waals surface area contributed by atoms with E-state index < -0.39 is 17.9 Å². The van der Waals surface area contributed by atoms with Crippen LogP contribution in [0.3, 0.4) is 0 Å². The molecule has 1 aliphatic heterocycles. The van der Waals surface area contributed by atoms with Crippen molar-refractivity contribution in [3.8, 4) is 0 Å². The van der Waals surface area contributed by atoms with Gasteiger partial charge in [-0.05, 0) is 55.3 Å². The van der Waals surface area contributed by atoms with Gasteiger partial charge in [-0.15, -0.1) is 0 Å². The molecule has 0 aromatic heterocycles. The molecule has 0 bridgehead atoms. The predicted octanol–water partition coefficient (Wildman–Crippen LogP) is 4.08. The maximum Gasteiger partial charge on any atom is 0.320 e. The zero-order valence-electron chi connectivity index (χ0n) is 16.3. The van der Waals surface area contributed by atoms with Crippen LogP contribution in [0.2, 0.25) is 0 Å². The number of carbonyl (C=O) groups excluding carboxylic acids is 2. The number of methoxy groups -OCH3 is 1. The molecule has 3 aliphatic rings. The van der Waals surface area contributed by atoms with Crippen molar-refractivity contribution in [1.29, 1.82) is 0 Å². The Labute approximate surface area is 182 Å². The van der Waals surface area contributed by atoms with Crippen LogP contribution in [-0.2, 0) is 51.8 Å². The SMILES string of the molecule is [CH-]=C1CCC[C@@]2(C)C1CC[C@@H]2C(C)CCC1CC(C(=O)OC)C(=O)O1.[Y]. The van der Waals surface area contributed by atoms with Crippen LogP contribution < -0.4 is 0 Å². The summed E-state index contributed by atoms with van der Waals surface area (Å²) in [7, 11) is 1.31. The zero-order valence-corrected chi connectivity index (χ0v) is 19.2. The molecule has 1 saturated heterocycles. The van der Waals surface area contributed by atoms with Crippen molar-refractivity contribution in [2.75, 3.05) is 7.11 Å². The number of rotatable bonds is 5. The quantitative estimate of drug-likeness (QED) is 0.370. The van der Waals surface area contributed by atoms with Crippen LogP contribution in [-0.4, -0.2) is 25.2 Å². The molecule has 0 spiro atoms. The van der Waals surface area contributed by atoms with Crippen LogP contribution in [0.5, 0.6) is 0 Å². The van der Waals surface area contributed by atoms with E-state index in [-0.39, 0.29) is 38.8 Å². The van der Waals surface area contributed by atoms with E-state index in [2.05, 4.69) is 18.6 Å². The van der Waals surface area contributed by atoms with Gasteiger partial charge in [0.15, 0.2) is 5.92 Å². The Hall–Kier alpha value is -0.216. The second-order valence-corrected chi connectivity index (χ2v) is 8.60. The Morgan fingerprint density at radius 2 is 2.15 bits per heavy atom. The minimum absolute atomic E-state index is 0. The molecular weight excluding hydrogens is 405 g/mol. The second-order valence-electron chi connectivity index (χ2n) is 8.60. The fourth-order valence-corrected chi connectivity index (χ4v) is 5.83. The molecule has 4 nitrogen and oxygen atoms in total.